The molecule has 1 aromatic carbocycles. The van der Waals surface area contributed by atoms with Gasteiger partial charge in [-0.3, -0.25) is 4.79 Å². The topological polar surface area (TPSA) is 72.6 Å². The number of ether oxygens (including phenoxy) is 1. The molecule has 2 heterocycles. The molecule has 2 N–H and O–H groups in total. The average molecular weight is 306 g/mol. The Morgan fingerprint density at radius 3 is 2.71 bits per heavy atom. The Morgan fingerprint density at radius 2 is 2.05 bits per heavy atom. The SMILES string of the molecule is CC1(C)SC2[C@H](N)C(=O)N2[C@H]1C(=O)OCc1ccccc1. The van der Waals surface area contributed by atoms with E-state index in [1.54, 1.807) is 16.7 Å². The van der Waals surface area contributed by atoms with E-state index in [0.717, 1.165) is 5.56 Å². The summed E-state index contributed by atoms with van der Waals surface area (Å²) in [4.78, 5) is 25.9. The van der Waals surface area contributed by atoms with Crippen LogP contribution in [0, 0.1) is 0 Å². The Kier molecular flexibility index (Phi) is 3.45. The molecule has 0 radical (unpaired) electrons. The average Bonchev–Trinajstić information content (AvgIpc) is 2.74. The number of carbonyl (C=O) groups excluding carboxylic acids is 2. The maximum Gasteiger partial charge on any atom is 0.330 e. The van der Waals surface area contributed by atoms with Crippen LogP contribution in [-0.2, 0) is 20.9 Å². The van der Waals surface area contributed by atoms with Crippen molar-refractivity contribution in [3.8, 4) is 0 Å². The second-order valence-electron chi connectivity index (χ2n) is 5.88. The van der Waals surface area contributed by atoms with Crippen LogP contribution in [0.4, 0.5) is 0 Å². The zero-order valence-electron chi connectivity index (χ0n) is 12.0. The molecule has 2 aliphatic rings. The summed E-state index contributed by atoms with van der Waals surface area (Å²) >= 11 is 1.57. The van der Waals surface area contributed by atoms with Gasteiger partial charge in [0, 0.05) is 4.75 Å². The van der Waals surface area contributed by atoms with Gasteiger partial charge >= 0.3 is 5.97 Å². The molecule has 112 valence electrons. The van der Waals surface area contributed by atoms with Crippen LogP contribution in [0.5, 0.6) is 0 Å². The van der Waals surface area contributed by atoms with Crippen molar-refractivity contribution < 1.29 is 14.3 Å². The van der Waals surface area contributed by atoms with Crippen LogP contribution in [0.15, 0.2) is 30.3 Å². The summed E-state index contributed by atoms with van der Waals surface area (Å²) in [5, 5.41) is -0.109. The third-order valence-electron chi connectivity index (χ3n) is 3.93. The number of β-lactam (4-membered cyclic amide) rings is 1. The first kappa shape index (κ1) is 14.4. The van der Waals surface area contributed by atoms with Gasteiger partial charge in [-0.1, -0.05) is 30.3 Å². The minimum atomic E-state index is -0.566. The fourth-order valence-electron chi connectivity index (χ4n) is 2.83. The van der Waals surface area contributed by atoms with E-state index in [2.05, 4.69) is 0 Å². The predicted molar refractivity (Wildman–Crippen MR) is 80.3 cm³/mol. The van der Waals surface area contributed by atoms with E-state index >= 15 is 0 Å². The summed E-state index contributed by atoms with van der Waals surface area (Å²) in [6.07, 6.45) is 0. The lowest BCUT2D eigenvalue weighted by Gasteiger charge is -2.41. The zero-order chi connectivity index (χ0) is 15.2. The van der Waals surface area contributed by atoms with Crippen molar-refractivity contribution in [2.75, 3.05) is 0 Å². The van der Waals surface area contributed by atoms with Crippen LogP contribution in [0.25, 0.3) is 0 Å². The van der Waals surface area contributed by atoms with Crippen molar-refractivity contribution >= 4 is 23.6 Å². The molecule has 0 aliphatic carbocycles. The first-order valence-corrected chi connectivity index (χ1v) is 7.76. The Balaban J connectivity index is 1.70. The van der Waals surface area contributed by atoms with Crippen molar-refractivity contribution in [1.29, 1.82) is 0 Å². The molecule has 0 saturated carbocycles. The first-order chi connectivity index (χ1) is 9.92. The predicted octanol–water partition coefficient (Wildman–Crippen LogP) is 1.12. The number of fused-ring (bicyclic) bond motifs is 1. The van der Waals surface area contributed by atoms with E-state index in [1.807, 2.05) is 44.2 Å². The van der Waals surface area contributed by atoms with Gasteiger partial charge < -0.3 is 15.4 Å². The summed E-state index contributed by atoms with van der Waals surface area (Å²) in [6.45, 7) is 4.12. The molecular weight excluding hydrogens is 288 g/mol. The monoisotopic (exact) mass is 306 g/mol. The van der Waals surface area contributed by atoms with Gasteiger partial charge in [0.25, 0.3) is 0 Å². The Hall–Kier alpha value is -1.53. The summed E-state index contributed by atoms with van der Waals surface area (Å²) in [5.74, 6) is -0.529. The number of hydrogen-bond donors (Lipinski definition) is 1. The van der Waals surface area contributed by atoms with Gasteiger partial charge in [-0.2, -0.15) is 0 Å². The van der Waals surface area contributed by atoms with E-state index in [9.17, 15) is 9.59 Å². The number of nitrogens with two attached hydrogens (primary N) is 1. The molecule has 0 aromatic heterocycles. The minimum absolute atomic E-state index is 0.109. The molecule has 3 atom stereocenters. The number of hydrogen-bond acceptors (Lipinski definition) is 5. The largest absolute Gasteiger partial charge is 0.459 e. The highest BCUT2D eigenvalue weighted by Gasteiger charge is 2.63. The Bertz CT molecular complexity index is 576. The standard InChI is InChI=1S/C15H18N2O3S/c1-15(2)11(17-12(18)10(16)13(17)21-15)14(19)20-8-9-6-4-3-5-7-9/h3-7,10-11,13H,8,16H2,1-2H3/t10-,11+,13?/m1/s1. The summed E-state index contributed by atoms with van der Waals surface area (Å²) in [6, 6.07) is 8.43. The van der Waals surface area contributed by atoms with Gasteiger partial charge in [-0.25, -0.2) is 4.79 Å². The molecule has 1 amide bonds. The molecule has 5 nitrogen and oxygen atoms in total. The summed E-state index contributed by atoms with van der Waals surface area (Å²) in [5.41, 5.74) is 6.72. The number of rotatable bonds is 3. The second kappa shape index (κ2) is 5.03. The molecule has 0 spiro atoms. The fourth-order valence-corrected chi connectivity index (χ4v) is 4.39. The van der Waals surface area contributed by atoms with Crippen LogP contribution in [-0.4, -0.2) is 39.0 Å². The van der Waals surface area contributed by atoms with Gasteiger partial charge in [-0.05, 0) is 19.4 Å². The molecule has 6 heteroatoms. The van der Waals surface area contributed by atoms with Crippen LogP contribution < -0.4 is 5.73 Å². The number of nitrogens with zero attached hydrogens (tertiary/aromatic N) is 1. The number of amides is 1. The smallest absolute Gasteiger partial charge is 0.330 e. The van der Waals surface area contributed by atoms with Gasteiger partial charge in [-0.15, -0.1) is 11.8 Å². The molecular formula is C15H18N2O3S. The lowest BCUT2D eigenvalue weighted by molar-refractivity contribution is -0.163. The molecule has 1 aromatic rings. The maximum absolute atomic E-state index is 12.4. The van der Waals surface area contributed by atoms with Crippen molar-refractivity contribution in [3.63, 3.8) is 0 Å². The second-order valence-corrected chi connectivity index (χ2v) is 7.65. The van der Waals surface area contributed by atoms with E-state index < -0.39 is 12.1 Å². The van der Waals surface area contributed by atoms with Crippen molar-refractivity contribution in [3.05, 3.63) is 35.9 Å². The quantitative estimate of drug-likeness (QED) is 0.669. The van der Waals surface area contributed by atoms with E-state index in [1.165, 1.54) is 0 Å². The minimum Gasteiger partial charge on any atom is -0.459 e. The lowest BCUT2D eigenvalue weighted by Crippen LogP contribution is -2.68. The zero-order valence-corrected chi connectivity index (χ0v) is 12.8. The van der Waals surface area contributed by atoms with Crippen molar-refractivity contribution in [2.45, 2.75) is 42.7 Å². The molecule has 2 aliphatic heterocycles. The van der Waals surface area contributed by atoms with Gasteiger partial charge in [0.1, 0.15) is 24.1 Å². The highest BCUT2D eigenvalue weighted by Crippen LogP contribution is 2.50. The summed E-state index contributed by atoms with van der Waals surface area (Å²) < 4.78 is 5.01. The van der Waals surface area contributed by atoms with Crippen molar-refractivity contribution in [2.24, 2.45) is 5.73 Å². The van der Waals surface area contributed by atoms with E-state index in [-0.39, 0.29) is 28.6 Å². The lowest BCUT2D eigenvalue weighted by atomic mass is 9.96. The fraction of sp³-hybridized carbons (Fsp3) is 0.467. The van der Waals surface area contributed by atoms with Crippen LogP contribution >= 0.6 is 11.8 Å². The van der Waals surface area contributed by atoms with E-state index in [4.69, 9.17) is 10.5 Å². The third-order valence-corrected chi connectivity index (χ3v) is 5.52. The normalized spacial score (nSPS) is 29.8. The third kappa shape index (κ3) is 2.32. The number of thioether (sulfide) groups is 1. The molecule has 3 rings (SSSR count). The molecule has 1 unspecified atom stereocenters. The Labute approximate surface area is 127 Å². The van der Waals surface area contributed by atoms with Gasteiger partial charge in [0.15, 0.2) is 0 Å². The van der Waals surface area contributed by atoms with Gasteiger partial charge in [0.05, 0.1) is 0 Å². The van der Waals surface area contributed by atoms with Crippen LogP contribution in [0.3, 0.4) is 0 Å². The number of benzene rings is 1. The molecule has 0 bridgehead atoms. The van der Waals surface area contributed by atoms with E-state index in [0.29, 0.717) is 0 Å². The highest BCUT2D eigenvalue weighted by molar-refractivity contribution is 8.01. The number of carbonyl (C=O) groups is 2. The van der Waals surface area contributed by atoms with Crippen LogP contribution in [0.2, 0.25) is 0 Å². The number of esters is 1. The molecule has 21 heavy (non-hydrogen) atoms. The maximum atomic E-state index is 12.4. The highest BCUT2D eigenvalue weighted by atomic mass is 32.2. The molecule has 2 fully saturated rings. The van der Waals surface area contributed by atoms with Crippen LogP contribution in [0.1, 0.15) is 19.4 Å². The van der Waals surface area contributed by atoms with Crippen molar-refractivity contribution in [1.82, 2.24) is 4.90 Å². The Morgan fingerprint density at radius 1 is 1.38 bits per heavy atom. The molecule has 2 saturated heterocycles. The first-order valence-electron chi connectivity index (χ1n) is 6.88. The summed E-state index contributed by atoms with van der Waals surface area (Å²) in [7, 11) is 0. The van der Waals surface area contributed by atoms with Gasteiger partial charge in [0.2, 0.25) is 5.91 Å².